The van der Waals surface area contributed by atoms with Crippen LogP contribution in [0.1, 0.15) is 33.5 Å². The van der Waals surface area contributed by atoms with E-state index in [4.69, 9.17) is 0 Å². The van der Waals surface area contributed by atoms with Crippen molar-refractivity contribution in [3.8, 4) is 0 Å². The summed E-state index contributed by atoms with van der Waals surface area (Å²) in [5.41, 5.74) is 4.49. The van der Waals surface area contributed by atoms with Gasteiger partial charge in [-0.05, 0) is 55.2 Å². The van der Waals surface area contributed by atoms with E-state index in [0.717, 1.165) is 18.4 Å². The van der Waals surface area contributed by atoms with Crippen LogP contribution < -0.4 is 9.62 Å². The van der Waals surface area contributed by atoms with Gasteiger partial charge in [-0.15, -0.1) is 0 Å². The molecule has 6 heteroatoms. The Morgan fingerprint density at radius 1 is 0.903 bits per heavy atom. The highest BCUT2D eigenvalue weighted by Gasteiger charge is 2.17. The van der Waals surface area contributed by atoms with Crippen LogP contribution in [0.15, 0.2) is 78.9 Å². The second-order valence-electron chi connectivity index (χ2n) is 7.65. The number of nitrogens with zero attached hydrogens (tertiary/aromatic N) is 1. The lowest BCUT2D eigenvalue weighted by Gasteiger charge is -2.22. The molecule has 0 fully saturated rings. The van der Waals surface area contributed by atoms with E-state index in [-0.39, 0.29) is 12.5 Å². The Labute approximate surface area is 184 Å². The van der Waals surface area contributed by atoms with Gasteiger partial charge in [0.1, 0.15) is 0 Å². The molecule has 31 heavy (non-hydrogen) atoms. The summed E-state index contributed by atoms with van der Waals surface area (Å²) in [6.45, 7) is 2.88. The molecule has 0 unspecified atom stereocenters. The zero-order chi connectivity index (χ0) is 22.3. The predicted molar refractivity (Wildman–Crippen MR) is 126 cm³/mol. The molecule has 1 amide bonds. The molecule has 0 saturated carbocycles. The average molecular weight is 437 g/mol. The van der Waals surface area contributed by atoms with Gasteiger partial charge in [0.2, 0.25) is 10.0 Å². The normalized spacial score (nSPS) is 11.2. The second kappa shape index (κ2) is 10.3. The van der Waals surface area contributed by atoms with Gasteiger partial charge in [0.15, 0.2) is 0 Å². The lowest BCUT2D eigenvalue weighted by molar-refractivity contribution is 0.0953. The van der Waals surface area contributed by atoms with Crippen LogP contribution in [0.4, 0.5) is 5.69 Å². The summed E-state index contributed by atoms with van der Waals surface area (Å²) in [4.78, 5) is 12.4. The number of amides is 1. The summed E-state index contributed by atoms with van der Waals surface area (Å²) >= 11 is 0. The topological polar surface area (TPSA) is 66.5 Å². The van der Waals surface area contributed by atoms with Crippen LogP contribution in [0.25, 0.3) is 0 Å². The number of anilines is 1. The van der Waals surface area contributed by atoms with Crippen LogP contribution in [0, 0.1) is 6.92 Å². The zero-order valence-corrected chi connectivity index (χ0v) is 18.7. The van der Waals surface area contributed by atoms with Crippen LogP contribution in [-0.2, 0) is 23.0 Å². The van der Waals surface area contributed by atoms with Gasteiger partial charge in [-0.1, -0.05) is 60.2 Å². The molecular weight excluding hydrogens is 408 g/mol. The van der Waals surface area contributed by atoms with Crippen molar-refractivity contribution in [1.82, 2.24) is 5.32 Å². The van der Waals surface area contributed by atoms with Crippen LogP contribution in [0.3, 0.4) is 0 Å². The number of sulfonamides is 1. The fraction of sp³-hybridized carbons (Fsp3) is 0.240. The van der Waals surface area contributed by atoms with Crippen LogP contribution in [0.2, 0.25) is 0 Å². The van der Waals surface area contributed by atoms with Crippen molar-refractivity contribution in [3.63, 3.8) is 0 Å². The molecule has 1 N–H and O–H groups in total. The molecular formula is C25H28N2O3S. The van der Waals surface area contributed by atoms with Gasteiger partial charge in [-0.2, -0.15) is 0 Å². The second-order valence-corrected chi connectivity index (χ2v) is 9.56. The Kier molecular flexibility index (Phi) is 7.47. The molecule has 5 nitrogen and oxygen atoms in total. The Morgan fingerprint density at radius 3 is 2.26 bits per heavy atom. The van der Waals surface area contributed by atoms with E-state index in [1.165, 1.54) is 21.7 Å². The number of hydrogen-bond acceptors (Lipinski definition) is 3. The van der Waals surface area contributed by atoms with Crippen molar-refractivity contribution in [3.05, 3.63) is 101 Å². The fourth-order valence-electron chi connectivity index (χ4n) is 3.39. The van der Waals surface area contributed by atoms with Gasteiger partial charge in [0.25, 0.3) is 5.91 Å². The van der Waals surface area contributed by atoms with Gasteiger partial charge in [0.05, 0.1) is 18.5 Å². The molecule has 3 aromatic rings. The number of nitrogens with one attached hydrogen (secondary N) is 1. The summed E-state index contributed by atoms with van der Waals surface area (Å²) in [5, 5.41) is 2.95. The highest BCUT2D eigenvalue weighted by Crippen LogP contribution is 2.20. The number of carbonyl (C=O) groups is 1. The third-order valence-corrected chi connectivity index (χ3v) is 6.14. The molecule has 3 aromatic carbocycles. The molecule has 162 valence electrons. The Morgan fingerprint density at radius 2 is 1.61 bits per heavy atom. The summed E-state index contributed by atoms with van der Waals surface area (Å²) in [5.74, 6) is -0.126. The van der Waals surface area contributed by atoms with Crippen LogP contribution in [-0.4, -0.2) is 27.1 Å². The maximum atomic E-state index is 12.4. The van der Waals surface area contributed by atoms with Gasteiger partial charge >= 0.3 is 0 Å². The van der Waals surface area contributed by atoms with E-state index in [0.29, 0.717) is 17.8 Å². The number of hydrogen-bond donors (Lipinski definition) is 1. The van der Waals surface area contributed by atoms with E-state index in [2.05, 4.69) is 30.4 Å². The number of aryl methyl sites for hydroxylation is 2. The number of benzene rings is 3. The largest absolute Gasteiger partial charge is 0.352 e. The number of carbonyl (C=O) groups excluding carboxylic acids is 1. The van der Waals surface area contributed by atoms with Crippen molar-refractivity contribution in [1.29, 1.82) is 0 Å². The Balaban J connectivity index is 1.55. The monoisotopic (exact) mass is 436 g/mol. The van der Waals surface area contributed by atoms with E-state index in [1.54, 1.807) is 48.5 Å². The fourth-order valence-corrected chi connectivity index (χ4v) is 4.27. The molecule has 0 heterocycles. The SMILES string of the molecule is Cc1cccc(CCCNC(=O)c2ccc(CN(c3ccccc3)S(C)(=O)=O)cc2)c1. The first-order valence-corrected chi connectivity index (χ1v) is 12.1. The summed E-state index contributed by atoms with van der Waals surface area (Å²) in [7, 11) is -3.43. The van der Waals surface area contributed by atoms with E-state index in [1.807, 2.05) is 12.1 Å². The third-order valence-electron chi connectivity index (χ3n) is 5.00. The first-order chi connectivity index (χ1) is 14.8. The minimum atomic E-state index is -3.43. The average Bonchev–Trinajstić information content (AvgIpc) is 2.75. The summed E-state index contributed by atoms with van der Waals surface area (Å²) < 4.78 is 25.8. The predicted octanol–water partition coefficient (Wildman–Crippen LogP) is 4.32. The van der Waals surface area contributed by atoms with Crippen LogP contribution in [0.5, 0.6) is 0 Å². The van der Waals surface area contributed by atoms with Gasteiger partial charge in [-0.25, -0.2) is 8.42 Å². The highest BCUT2D eigenvalue weighted by molar-refractivity contribution is 7.92. The third kappa shape index (κ3) is 6.69. The number of rotatable bonds is 9. The summed E-state index contributed by atoms with van der Waals surface area (Å²) in [6.07, 6.45) is 2.98. The number of para-hydroxylation sites is 1. The highest BCUT2D eigenvalue weighted by atomic mass is 32.2. The van der Waals surface area contributed by atoms with Crippen LogP contribution >= 0.6 is 0 Å². The van der Waals surface area contributed by atoms with E-state index < -0.39 is 10.0 Å². The lowest BCUT2D eigenvalue weighted by atomic mass is 10.1. The standard InChI is InChI=1S/C25H28N2O3S/c1-20-8-6-9-21(18-20)10-7-17-26-25(28)23-15-13-22(14-16-23)19-27(31(2,29)30)24-11-4-3-5-12-24/h3-6,8-9,11-16,18H,7,10,17,19H2,1-2H3,(H,26,28). The molecule has 0 spiro atoms. The molecule has 0 aliphatic carbocycles. The van der Waals surface area contributed by atoms with Crippen molar-refractivity contribution in [2.75, 3.05) is 17.1 Å². The smallest absolute Gasteiger partial charge is 0.251 e. The van der Waals surface area contributed by atoms with E-state index in [9.17, 15) is 13.2 Å². The maximum Gasteiger partial charge on any atom is 0.251 e. The lowest BCUT2D eigenvalue weighted by Crippen LogP contribution is -2.29. The zero-order valence-electron chi connectivity index (χ0n) is 17.9. The first kappa shape index (κ1) is 22.6. The molecule has 0 aliphatic rings. The van der Waals surface area contributed by atoms with Crippen molar-refractivity contribution >= 4 is 21.6 Å². The van der Waals surface area contributed by atoms with Crippen molar-refractivity contribution in [2.45, 2.75) is 26.3 Å². The maximum absolute atomic E-state index is 12.4. The van der Waals surface area contributed by atoms with Gasteiger partial charge in [0, 0.05) is 12.1 Å². The van der Waals surface area contributed by atoms with Gasteiger partial charge < -0.3 is 5.32 Å². The molecule has 0 aromatic heterocycles. The van der Waals surface area contributed by atoms with E-state index >= 15 is 0 Å². The van der Waals surface area contributed by atoms with Gasteiger partial charge in [-0.3, -0.25) is 9.10 Å². The van der Waals surface area contributed by atoms with Crippen molar-refractivity contribution < 1.29 is 13.2 Å². The first-order valence-electron chi connectivity index (χ1n) is 10.3. The molecule has 0 radical (unpaired) electrons. The molecule has 0 atom stereocenters. The molecule has 0 aliphatic heterocycles. The van der Waals surface area contributed by atoms with Crippen molar-refractivity contribution in [2.24, 2.45) is 0 Å². The Hall–Kier alpha value is -3.12. The summed E-state index contributed by atoms with van der Waals surface area (Å²) in [6, 6.07) is 24.4. The molecule has 0 bridgehead atoms. The molecule has 0 saturated heterocycles. The minimum Gasteiger partial charge on any atom is -0.352 e. The minimum absolute atomic E-state index is 0.126. The Bertz CT molecular complexity index is 1110. The quantitative estimate of drug-likeness (QED) is 0.508. The molecule has 3 rings (SSSR count).